The van der Waals surface area contributed by atoms with Crippen molar-refractivity contribution in [3.8, 4) is 0 Å². The van der Waals surface area contributed by atoms with Gasteiger partial charge in [0.05, 0.1) is 21.4 Å². The van der Waals surface area contributed by atoms with E-state index in [9.17, 15) is 12.8 Å². The molecule has 0 bridgehead atoms. The Kier molecular flexibility index (Phi) is 4.67. The Morgan fingerprint density at radius 3 is 2.33 bits per heavy atom. The molecule has 4 nitrogen and oxygen atoms in total. The number of nitrogen functional groups attached to an aromatic ring is 1. The van der Waals surface area contributed by atoms with Crippen LogP contribution >= 0.6 is 39.1 Å². The standard InChI is InChI=1S/C12H8BrCl2FN2O2S/c13-6-4-9(16)10(17)5-11(6)21(19,20)18-12-7(14)2-1-3-8(12)15/h1-5,18H,17H2. The molecule has 112 valence electrons. The molecule has 0 radical (unpaired) electrons. The highest BCUT2D eigenvalue weighted by Crippen LogP contribution is 2.34. The summed E-state index contributed by atoms with van der Waals surface area (Å²) in [5, 5.41) is 0.273. The van der Waals surface area contributed by atoms with E-state index in [1.165, 1.54) is 12.1 Å². The van der Waals surface area contributed by atoms with Crippen LogP contribution in [-0.4, -0.2) is 8.42 Å². The van der Waals surface area contributed by atoms with E-state index in [4.69, 9.17) is 28.9 Å². The van der Waals surface area contributed by atoms with Crippen LogP contribution in [0, 0.1) is 5.82 Å². The molecule has 0 unspecified atom stereocenters. The number of benzene rings is 2. The summed E-state index contributed by atoms with van der Waals surface area (Å²) in [5.74, 6) is -0.725. The van der Waals surface area contributed by atoms with Gasteiger partial charge < -0.3 is 5.73 Å². The second-order valence-electron chi connectivity index (χ2n) is 4.01. The second kappa shape index (κ2) is 6.00. The molecule has 2 aromatic rings. The lowest BCUT2D eigenvalue weighted by molar-refractivity contribution is 0.599. The average Bonchev–Trinajstić information content (AvgIpc) is 2.38. The molecule has 0 fully saturated rings. The summed E-state index contributed by atoms with van der Waals surface area (Å²) in [4.78, 5) is -0.225. The fourth-order valence-electron chi connectivity index (χ4n) is 1.54. The highest BCUT2D eigenvalue weighted by molar-refractivity contribution is 9.10. The number of nitrogens with one attached hydrogen (secondary N) is 1. The second-order valence-corrected chi connectivity index (χ2v) is 7.33. The SMILES string of the molecule is Nc1cc(S(=O)(=O)Nc2c(Cl)cccc2Cl)c(Br)cc1F. The van der Waals surface area contributed by atoms with Crippen molar-refractivity contribution < 1.29 is 12.8 Å². The van der Waals surface area contributed by atoms with Crippen LogP contribution in [-0.2, 0) is 10.0 Å². The van der Waals surface area contributed by atoms with Gasteiger partial charge in [-0.1, -0.05) is 29.3 Å². The van der Waals surface area contributed by atoms with Gasteiger partial charge in [-0.2, -0.15) is 0 Å². The summed E-state index contributed by atoms with van der Waals surface area (Å²) in [6, 6.07) is 6.53. The first-order chi connectivity index (χ1) is 9.72. The summed E-state index contributed by atoms with van der Waals surface area (Å²) in [6.45, 7) is 0. The maximum absolute atomic E-state index is 13.3. The van der Waals surface area contributed by atoms with E-state index in [1.54, 1.807) is 6.07 Å². The van der Waals surface area contributed by atoms with E-state index >= 15 is 0 Å². The van der Waals surface area contributed by atoms with Crippen molar-refractivity contribution in [1.29, 1.82) is 0 Å². The number of hydrogen-bond donors (Lipinski definition) is 2. The van der Waals surface area contributed by atoms with Crippen LogP contribution in [0.3, 0.4) is 0 Å². The predicted molar refractivity (Wildman–Crippen MR) is 85.8 cm³/mol. The molecule has 0 saturated carbocycles. The predicted octanol–water partition coefficient (Wildman–Crippen LogP) is 4.28. The molecule has 3 N–H and O–H groups in total. The molecule has 21 heavy (non-hydrogen) atoms. The van der Waals surface area contributed by atoms with E-state index < -0.39 is 15.8 Å². The van der Waals surface area contributed by atoms with Crippen molar-refractivity contribution in [1.82, 2.24) is 0 Å². The first-order valence-corrected chi connectivity index (χ1v) is 8.47. The van der Waals surface area contributed by atoms with Gasteiger partial charge in [-0.25, -0.2) is 12.8 Å². The van der Waals surface area contributed by atoms with Gasteiger partial charge in [0, 0.05) is 4.47 Å². The average molecular weight is 414 g/mol. The van der Waals surface area contributed by atoms with Crippen molar-refractivity contribution >= 4 is 60.5 Å². The van der Waals surface area contributed by atoms with Gasteiger partial charge >= 0.3 is 0 Å². The zero-order valence-corrected chi connectivity index (χ0v) is 14.1. The summed E-state index contributed by atoms with van der Waals surface area (Å²) in [7, 11) is -4.04. The van der Waals surface area contributed by atoms with Crippen molar-refractivity contribution in [3.05, 3.63) is 50.7 Å². The maximum Gasteiger partial charge on any atom is 0.263 e. The Balaban J connectivity index is 2.51. The first kappa shape index (κ1) is 16.4. The zero-order valence-electron chi connectivity index (χ0n) is 10.2. The van der Waals surface area contributed by atoms with Gasteiger partial charge in [0.1, 0.15) is 10.7 Å². The number of anilines is 2. The van der Waals surface area contributed by atoms with E-state index in [0.29, 0.717) is 0 Å². The molecule has 2 rings (SSSR count). The largest absolute Gasteiger partial charge is 0.396 e. The third kappa shape index (κ3) is 3.42. The number of hydrogen-bond acceptors (Lipinski definition) is 3. The van der Waals surface area contributed by atoms with Crippen molar-refractivity contribution in [3.63, 3.8) is 0 Å². The zero-order chi connectivity index (χ0) is 15.8. The van der Waals surface area contributed by atoms with Crippen LogP contribution in [0.5, 0.6) is 0 Å². The number of para-hydroxylation sites is 1. The maximum atomic E-state index is 13.3. The highest BCUT2D eigenvalue weighted by atomic mass is 79.9. The topological polar surface area (TPSA) is 72.2 Å². The number of rotatable bonds is 3. The molecule has 9 heteroatoms. The van der Waals surface area contributed by atoms with Crippen LogP contribution in [0.25, 0.3) is 0 Å². The van der Waals surface area contributed by atoms with Crippen molar-refractivity contribution in [2.24, 2.45) is 0 Å². The molecule has 0 amide bonds. The summed E-state index contributed by atoms with van der Waals surface area (Å²) in [5.41, 5.74) is 5.15. The first-order valence-electron chi connectivity index (χ1n) is 5.43. The monoisotopic (exact) mass is 412 g/mol. The van der Waals surface area contributed by atoms with Crippen molar-refractivity contribution in [2.45, 2.75) is 4.90 Å². The molecule has 0 aromatic heterocycles. The Hall–Kier alpha value is -1.02. The number of halogens is 4. The fourth-order valence-corrected chi connectivity index (χ4v) is 4.29. The van der Waals surface area contributed by atoms with Gasteiger partial charge in [0.25, 0.3) is 10.0 Å². The molecule has 0 spiro atoms. The normalized spacial score (nSPS) is 11.4. The minimum Gasteiger partial charge on any atom is -0.396 e. The summed E-state index contributed by atoms with van der Waals surface area (Å²) >= 11 is 14.8. The Morgan fingerprint density at radius 2 is 1.76 bits per heavy atom. The highest BCUT2D eigenvalue weighted by Gasteiger charge is 2.22. The van der Waals surface area contributed by atoms with Crippen LogP contribution in [0.2, 0.25) is 10.0 Å². The molecule has 0 aliphatic rings. The van der Waals surface area contributed by atoms with E-state index in [-0.39, 0.29) is 30.8 Å². The van der Waals surface area contributed by atoms with Crippen LogP contribution in [0.1, 0.15) is 0 Å². The van der Waals surface area contributed by atoms with Gasteiger partial charge in [-0.3, -0.25) is 4.72 Å². The summed E-state index contributed by atoms with van der Waals surface area (Å²) < 4.78 is 40.3. The Morgan fingerprint density at radius 1 is 1.19 bits per heavy atom. The lowest BCUT2D eigenvalue weighted by Crippen LogP contribution is -2.15. The quantitative estimate of drug-likeness (QED) is 0.737. The van der Waals surface area contributed by atoms with Crippen LogP contribution < -0.4 is 10.5 Å². The lowest BCUT2D eigenvalue weighted by atomic mass is 10.3. The molecular weight excluding hydrogens is 406 g/mol. The molecule has 0 saturated heterocycles. The van der Waals surface area contributed by atoms with E-state index in [1.807, 2.05) is 0 Å². The summed E-state index contributed by atoms with van der Waals surface area (Å²) in [6.07, 6.45) is 0. The molecule has 0 aliphatic heterocycles. The smallest absolute Gasteiger partial charge is 0.263 e. The van der Waals surface area contributed by atoms with Gasteiger partial charge in [-0.05, 0) is 40.2 Å². The molecule has 2 aromatic carbocycles. The molecule has 0 atom stereocenters. The number of nitrogens with two attached hydrogens (primary N) is 1. The fraction of sp³-hybridized carbons (Fsp3) is 0. The van der Waals surface area contributed by atoms with Crippen LogP contribution in [0.15, 0.2) is 39.7 Å². The van der Waals surface area contributed by atoms with E-state index in [2.05, 4.69) is 20.7 Å². The molecule has 0 heterocycles. The van der Waals surface area contributed by atoms with Crippen molar-refractivity contribution in [2.75, 3.05) is 10.5 Å². The van der Waals surface area contributed by atoms with E-state index in [0.717, 1.165) is 12.1 Å². The van der Waals surface area contributed by atoms with Gasteiger partial charge in [0.2, 0.25) is 0 Å². The number of sulfonamides is 1. The molecular formula is C12H8BrCl2FN2O2S. The third-order valence-electron chi connectivity index (χ3n) is 2.54. The Labute approximate surface area is 139 Å². The minimum atomic E-state index is -4.04. The minimum absolute atomic E-state index is 0.0323. The lowest BCUT2D eigenvalue weighted by Gasteiger charge is -2.13. The Bertz CT molecular complexity index is 795. The molecule has 0 aliphatic carbocycles. The van der Waals surface area contributed by atoms with Gasteiger partial charge in [-0.15, -0.1) is 0 Å². The third-order valence-corrected chi connectivity index (χ3v) is 5.48. The van der Waals surface area contributed by atoms with Gasteiger partial charge in [0.15, 0.2) is 0 Å². The van der Waals surface area contributed by atoms with Crippen LogP contribution in [0.4, 0.5) is 15.8 Å².